The van der Waals surface area contributed by atoms with Gasteiger partial charge in [-0.3, -0.25) is 4.79 Å². The normalized spacial score (nSPS) is 21.4. The van der Waals surface area contributed by atoms with E-state index in [1.165, 1.54) is 0 Å². The van der Waals surface area contributed by atoms with Gasteiger partial charge in [0.05, 0.1) is 13.0 Å². The Bertz CT molecular complexity index is 711. The largest absolute Gasteiger partial charge is 0.491 e. The molecule has 0 radical (unpaired) electrons. The van der Waals surface area contributed by atoms with Gasteiger partial charge in [0.2, 0.25) is 5.82 Å². The van der Waals surface area contributed by atoms with E-state index in [2.05, 4.69) is 4.74 Å². The molecule has 0 spiro atoms. The molecule has 1 aliphatic carbocycles. The fraction of sp³-hybridized carbons (Fsp3) is 0.526. The summed E-state index contributed by atoms with van der Waals surface area (Å²) in [5, 5.41) is 0. The molecule has 1 aromatic carbocycles. The number of rotatable bonds is 6. The number of esters is 1. The van der Waals surface area contributed by atoms with Crippen molar-refractivity contribution >= 4 is 5.97 Å². The highest BCUT2D eigenvalue weighted by atomic mass is 19.2. The summed E-state index contributed by atoms with van der Waals surface area (Å²) in [4.78, 5) is 12.3. The molecule has 2 rings (SSSR count). The molecule has 0 aliphatic heterocycles. The summed E-state index contributed by atoms with van der Waals surface area (Å²) in [6.45, 7) is 6.83. The lowest BCUT2D eigenvalue weighted by molar-refractivity contribution is -0.147. The summed E-state index contributed by atoms with van der Waals surface area (Å²) in [7, 11) is 1.07. The minimum atomic E-state index is -1.42. The molecule has 0 unspecified atom stereocenters. The fourth-order valence-electron chi connectivity index (χ4n) is 3.36. The first-order valence-electron chi connectivity index (χ1n) is 8.23. The van der Waals surface area contributed by atoms with Gasteiger partial charge in [0.15, 0.2) is 17.4 Å². The van der Waals surface area contributed by atoms with Crippen LogP contribution in [0, 0.1) is 34.7 Å². The van der Waals surface area contributed by atoms with E-state index in [1.807, 2.05) is 32.9 Å². The van der Waals surface area contributed by atoms with Crippen LogP contribution in [0.25, 0.3) is 0 Å². The third kappa shape index (κ3) is 3.26. The SMILES string of the molecule is CC=C[C@@H]1[C@@H](C(=O)OCc2c(F)c(F)c(OC)c(F)c2CC)C1(C)C. The topological polar surface area (TPSA) is 35.5 Å². The molecule has 1 fully saturated rings. The van der Waals surface area contributed by atoms with Gasteiger partial charge in [-0.05, 0) is 24.7 Å². The van der Waals surface area contributed by atoms with Gasteiger partial charge in [0, 0.05) is 11.1 Å². The lowest BCUT2D eigenvalue weighted by Gasteiger charge is -2.15. The molecule has 1 saturated carbocycles. The van der Waals surface area contributed by atoms with Crippen molar-refractivity contribution in [2.24, 2.45) is 17.3 Å². The number of methoxy groups -OCH3 is 1. The molecule has 0 N–H and O–H groups in total. The van der Waals surface area contributed by atoms with E-state index in [9.17, 15) is 18.0 Å². The molecule has 2 atom stereocenters. The predicted molar refractivity (Wildman–Crippen MR) is 87.6 cm³/mol. The Kier molecular flexibility index (Phi) is 5.49. The maximum absolute atomic E-state index is 14.3. The quantitative estimate of drug-likeness (QED) is 0.426. The van der Waals surface area contributed by atoms with Crippen molar-refractivity contribution in [1.82, 2.24) is 0 Å². The summed E-state index contributed by atoms with van der Waals surface area (Å²) in [5.41, 5.74) is -0.581. The fourth-order valence-corrected chi connectivity index (χ4v) is 3.36. The molecule has 1 aliphatic rings. The van der Waals surface area contributed by atoms with Crippen molar-refractivity contribution in [3.63, 3.8) is 0 Å². The van der Waals surface area contributed by atoms with Crippen LogP contribution in [0.3, 0.4) is 0 Å². The Morgan fingerprint density at radius 2 is 1.80 bits per heavy atom. The number of carbonyl (C=O) groups excluding carboxylic acids is 1. The van der Waals surface area contributed by atoms with Crippen LogP contribution in [-0.2, 0) is 22.6 Å². The van der Waals surface area contributed by atoms with E-state index in [0.717, 1.165) is 7.11 Å². The van der Waals surface area contributed by atoms with E-state index >= 15 is 0 Å². The zero-order valence-electron chi connectivity index (χ0n) is 15.1. The molecule has 25 heavy (non-hydrogen) atoms. The van der Waals surface area contributed by atoms with Crippen molar-refractivity contribution in [3.05, 3.63) is 40.7 Å². The predicted octanol–water partition coefficient (Wildman–Crippen LogP) is 4.57. The third-order valence-corrected chi connectivity index (χ3v) is 4.97. The van der Waals surface area contributed by atoms with Gasteiger partial charge in [0.25, 0.3) is 0 Å². The monoisotopic (exact) mass is 356 g/mol. The first-order valence-corrected chi connectivity index (χ1v) is 8.23. The van der Waals surface area contributed by atoms with E-state index < -0.39 is 35.8 Å². The summed E-state index contributed by atoms with van der Waals surface area (Å²) in [6.07, 6.45) is 3.90. The van der Waals surface area contributed by atoms with Gasteiger partial charge in [-0.2, -0.15) is 4.39 Å². The standard InChI is InChI=1S/C19H23F3O3/c1-6-8-12-13(19(12,3)4)18(23)25-9-11-10(7-2)15(21)17(24-5)16(22)14(11)20/h6,8,12-13H,7,9H2,1-5H3/t12-,13+/m1/s1. The van der Waals surface area contributed by atoms with Gasteiger partial charge in [0.1, 0.15) is 6.61 Å². The highest BCUT2D eigenvalue weighted by Crippen LogP contribution is 2.59. The van der Waals surface area contributed by atoms with E-state index in [1.54, 1.807) is 6.92 Å². The number of hydrogen-bond donors (Lipinski definition) is 0. The van der Waals surface area contributed by atoms with Crippen LogP contribution in [0.2, 0.25) is 0 Å². The minimum absolute atomic E-state index is 0.0461. The van der Waals surface area contributed by atoms with Gasteiger partial charge in [-0.25, -0.2) is 8.78 Å². The number of hydrogen-bond acceptors (Lipinski definition) is 3. The Hall–Kier alpha value is -1.98. The van der Waals surface area contributed by atoms with E-state index in [4.69, 9.17) is 4.74 Å². The second-order valence-corrected chi connectivity index (χ2v) is 6.74. The summed E-state index contributed by atoms with van der Waals surface area (Å²) in [6, 6.07) is 0. The van der Waals surface area contributed by atoms with Crippen LogP contribution in [0.4, 0.5) is 13.2 Å². The number of carbonyl (C=O) groups is 1. The average Bonchev–Trinajstić information content (AvgIpc) is 3.11. The Balaban J connectivity index is 2.23. The number of halogens is 3. The summed E-state index contributed by atoms with van der Waals surface area (Å²) < 4.78 is 52.2. The molecule has 0 aromatic heterocycles. The third-order valence-electron chi connectivity index (χ3n) is 4.97. The first kappa shape index (κ1) is 19.3. The molecule has 0 saturated heterocycles. The average molecular weight is 356 g/mol. The second kappa shape index (κ2) is 7.10. The van der Waals surface area contributed by atoms with Crippen LogP contribution in [0.1, 0.15) is 38.8 Å². The smallest absolute Gasteiger partial charge is 0.310 e. The van der Waals surface area contributed by atoms with Crippen LogP contribution in [0.5, 0.6) is 5.75 Å². The molecule has 0 bridgehead atoms. The van der Waals surface area contributed by atoms with Crippen molar-refractivity contribution in [2.75, 3.05) is 7.11 Å². The number of allylic oxidation sites excluding steroid dienone is 2. The van der Waals surface area contributed by atoms with Crippen LogP contribution in [0.15, 0.2) is 12.2 Å². The summed E-state index contributed by atoms with van der Waals surface area (Å²) in [5.74, 6) is -5.18. The molecule has 3 nitrogen and oxygen atoms in total. The summed E-state index contributed by atoms with van der Waals surface area (Å²) >= 11 is 0. The number of benzene rings is 1. The van der Waals surface area contributed by atoms with Crippen LogP contribution in [-0.4, -0.2) is 13.1 Å². The minimum Gasteiger partial charge on any atom is -0.491 e. The van der Waals surface area contributed by atoms with Gasteiger partial charge < -0.3 is 9.47 Å². The van der Waals surface area contributed by atoms with Gasteiger partial charge in [-0.1, -0.05) is 32.9 Å². The van der Waals surface area contributed by atoms with Crippen LogP contribution < -0.4 is 4.74 Å². The van der Waals surface area contributed by atoms with E-state index in [-0.39, 0.29) is 34.8 Å². The number of ether oxygens (including phenoxy) is 2. The molecule has 138 valence electrons. The van der Waals surface area contributed by atoms with Gasteiger partial charge >= 0.3 is 5.97 Å². The highest BCUT2D eigenvalue weighted by molar-refractivity contribution is 5.78. The molecular weight excluding hydrogens is 333 g/mol. The lowest BCUT2D eigenvalue weighted by atomic mass is 10.0. The second-order valence-electron chi connectivity index (χ2n) is 6.74. The Morgan fingerprint density at radius 3 is 2.32 bits per heavy atom. The Labute approximate surface area is 145 Å². The van der Waals surface area contributed by atoms with Crippen molar-refractivity contribution in [2.45, 2.75) is 40.7 Å². The van der Waals surface area contributed by atoms with E-state index in [0.29, 0.717) is 0 Å². The van der Waals surface area contributed by atoms with Crippen LogP contribution >= 0.6 is 0 Å². The zero-order chi connectivity index (χ0) is 18.9. The maximum atomic E-state index is 14.3. The molecule has 1 aromatic rings. The molecule has 6 heteroatoms. The zero-order valence-corrected chi connectivity index (χ0v) is 15.1. The van der Waals surface area contributed by atoms with Crippen molar-refractivity contribution < 1.29 is 27.4 Å². The van der Waals surface area contributed by atoms with Crippen molar-refractivity contribution in [3.8, 4) is 5.75 Å². The van der Waals surface area contributed by atoms with Crippen molar-refractivity contribution in [1.29, 1.82) is 0 Å². The highest BCUT2D eigenvalue weighted by Gasteiger charge is 2.61. The first-order chi connectivity index (χ1) is 11.7. The molecular formula is C19H23F3O3. The lowest BCUT2D eigenvalue weighted by Crippen LogP contribution is -2.14. The van der Waals surface area contributed by atoms with Gasteiger partial charge in [-0.15, -0.1) is 0 Å². The molecule has 0 heterocycles. The maximum Gasteiger partial charge on any atom is 0.310 e. The Morgan fingerprint density at radius 1 is 1.16 bits per heavy atom. The molecule has 0 amide bonds.